The van der Waals surface area contributed by atoms with Crippen molar-refractivity contribution in [2.75, 3.05) is 20.0 Å². The normalized spacial score (nSPS) is 10.4. The number of hydrogen-bond donors (Lipinski definition) is 0. The van der Waals surface area contributed by atoms with Crippen LogP contribution in [0.2, 0.25) is 0 Å². The number of methoxy groups -OCH3 is 2. The average molecular weight is 304 g/mol. The van der Waals surface area contributed by atoms with Crippen molar-refractivity contribution >= 4 is 34.3 Å². The number of benzene rings is 2. The van der Waals surface area contributed by atoms with Crippen LogP contribution >= 0.6 is 11.8 Å². The predicted molar refractivity (Wildman–Crippen MR) is 82.9 cm³/mol. The van der Waals surface area contributed by atoms with Crippen LogP contribution in [0.4, 0.5) is 0 Å². The van der Waals surface area contributed by atoms with Gasteiger partial charge in [0.1, 0.15) is 12.2 Å². The van der Waals surface area contributed by atoms with Gasteiger partial charge < -0.3 is 9.47 Å². The maximum absolute atomic E-state index is 11.6. The Labute approximate surface area is 127 Å². The molecule has 4 nitrogen and oxygen atoms in total. The number of ether oxygens (including phenoxy) is 2. The smallest absolute Gasteiger partial charge is 0.313 e. The molecule has 0 aliphatic heterocycles. The molecule has 0 aliphatic rings. The highest BCUT2D eigenvalue weighted by molar-refractivity contribution is 8.00. The van der Waals surface area contributed by atoms with Gasteiger partial charge in [-0.15, -0.1) is 11.8 Å². The van der Waals surface area contributed by atoms with Crippen LogP contribution in [-0.2, 0) is 14.3 Å². The first kappa shape index (κ1) is 15.4. The second-order valence-electron chi connectivity index (χ2n) is 4.46. The van der Waals surface area contributed by atoms with Gasteiger partial charge in [0.25, 0.3) is 0 Å². The summed E-state index contributed by atoms with van der Waals surface area (Å²) in [5, 5.41) is 2.17. The van der Waals surface area contributed by atoms with Gasteiger partial charge >= 0.3 is 5.97 Å². The Morgan fingerprint density at radius 2 is 1.76 bits per heavy atom. The van der Waals surface area contributed by atoms with Crippen LogP contribution in [0.3, 0.4) is 0 Å². The third-order valence-corrected chi connectivity index (χ3v) is 4.04. The number of hydrogen-bond acceptors (Lipinski definition) is 5. The fourth-order valence-electron chi connectivity index (χ4n) is 1.87. The van der Waals surface area contributed by atoms with E-state index in [2.05, 4.69) is 4.74 Å². The van der Waals surface area contributed by atoms with Gasteiger partial charge in [0.2, 0.25) is 0 Å². The lowest BCUT2D eigenvalue weighted by Crippen LogP contribution is -2.10. The molecule has 0 heterocycles. The molecule has 110 valence electrons. The van der Waals surface area contributed by atoms with E-state index in [0.29, 0.717) is 0 Å². The van der Waals surface area contributed by atoms with Crippen molar-refractivity contribution in [2.24, 2.45) is 0 Å². The van der Waals surface area contributed by atoms with Crippen LogP contribution in [0.15, 0.2) is 41.3 Å². The Balaban J connectivity index is 2.03. The van der Waals surface area contributed by atoms with Crippen LogP contribution in [0, 0.1) is 0 Å². The lowest BCUT2D eigenvalue weighted by atomic mass is 10.1. The van der Waals surface area contributed by atoms with Crippen molar-refractivity contribution in [3.8, 4) is 5.75 Å². The van der Waals surface area contributed by atoms with E-state index in [-0.39, 0.29) is 18.0 Å². The first-order chi connectivity index (χ1) is 10.1. The second-order valence-corrected chi connectivity index (χ2v) is 5.50. The van der Waals surface area contributed by atoms with Crippen molar-refractivity contribution in [1.29, 1.82) is 0 Å². The standard InChI is InChI=1S/C16H16O4S/c1-19-14-5-3-12-8-15(6-4-11(12)7-14)21-10-13(17)9-16(18)20-2/h3-8H,9-10H2,1-2H3. The molecule has 0 aliphatic carbocycles. The van der Waals surface area contributed by atoms with Crippen molar-refractivity contribution in [1.82, 2.24) is 0 Å². The Morgan fingerprint density at radius 1 is 1.05 bits per heavy atom. The maximum atomic E-state index is 11.6. The molecule has 21 heavy (non-hydrogen) atoms. The van der Waals surface area contributed by atoms with Crippen LogP contribution in [0.25, 0.3) is 10.8 Å². The second kappa shape index (κ2) is 7.13. The van der Waals surface area contributed by atoms with E-state index in [4.69, 9.17) is 4.74 Å². The van der Waals surface area contributed by atoms with Gasteiger partial charge in [-0.2, -0.15) is 0 Å². The van der Waals surface area contributed by atoms with Gasteiger partial charge in [-0.3, -0.25) is 9.59 Å². The average Bonchev–Trinajstić information content (AvgIpc) is 2.52. The molecule has 0 unspecified atom stereocenters. The zero-order valence-corrected chi connectivity index (χ0v) is 12.7. The number of thioether (sulfide) groups is 1. The summed E-state index contributed by atoms with van der Waals surface area (Å²) in [6.07, 6.45) is -0.172. The van der Waals surface area contributed by atoms with Gasteiger partial charge in [-0.05, 0) is 35.0 Å². The molecule has 0 saturated heterocycles. The third kappa shape index (κ3) is 4.23. The Bertz CT molecular complexity index is 666. The highest BCUT2D eigenvalue weighted by Crippen LogP contribution is 2.26. The van der Waals surface area contributed by atoms with Crippen molar-refractivity contribution in [3.05, 3.63) is 36.4 Å². The topological polar surface area (TPSA) is 52.6 Å². The SMILES string of the molecule is COC(=O)CC(=O)CSc1ccc2cc(OC)ccc2c1. The maximum Gasteiger partial charge on any atom is 0.313 e. The number of Topliss-reactive ketones (excluding diaryl/α,β-unsaturated/α-hetero) is 1. The van der Waals surface area contributed by atoms with Crippen LogP contribution in [-0.4, -0.2) is 31.7 Å². The molecular formula is C16H16O4S. The zero-order chi connectivity index (χ0) is 15.2. The molecule has 5 heteroatoms. The summed E-state index contributed by atoms with van der Waals surface area (Å²) in [6.45, 7) is 0. The quantitative estimate of drug-likeness (QED) is 0.466. The third-order valence-electron chi connectivity index (χ3n) is 2.99. The Kier molecular flexibility index (Phi) is 5.22. The minimum absolute atomic E-state index is 0.137. The van der Waals surface area contributed by atoms with E-state index in [0.717, 1.165) is 21.4 Å². The summed E-state index contributed by atoms with van der Waals surface area (Å²) in [6, 6.07) is 11.8. The number of carbonyl (C=O) groups excluding carboxylic acids is 2. The number of rotatable bonds is 6. The molecule has 2 aromatic rings. The van der Waals surface area contributed by atoms with Crippen molar-refractivity contribution < 1.29 is 19.1 Å². The largest absolute Gasteiger partial charge is 0.497 e. The van der Waals surface area contributed by atoms with E-state index in [1.54, 1.807) is 7.11 Å². The summed E-state index contributed by atoms with van der Waals surface area (Å²) in [5.41, 5.74) is 0. The summed E-state index contributed by atoms with van der Waals surface area (Å²) in [4.78, 5) is 23.6. The van der Waals surface area contributed by atoms with E-state index in [9.17, 15) is 9.59 Å². The van der Waals surface area contributed by atoms with Gasteiger partial charge in [0.15, 0.2) is 5.78 Å². The van der Waals surface area contributed by atoms with Crippen LogP contribution in [0.5, 0.6) is 5.75 Å². The predicted octanol–water partition coefficient (Wildman–Crippen LogP) is 3.07. The first-order valence-electron chi connectivity index (χ1n) is 6.41. The monoisotopic (exact) mass is 304 g/mol. The summed E-state index contributed by atoms with van der Waals surface area (Å²) in [7, 11) is 2.92. The van der Waals surface area contributed by atoms with Gasteiger partial charge in [-0.25, -0.2) is 0 Å². The Morgan fingerprint density at radius 3 is 2.48 bits per heavy atom. The fourth-order valence-corrected chi connectivity index (χ4v) is 2.67. The van der Waals surface area contributed by atoms with E-state index >= 15 is 0 Å². The summed E-state index contributed by atoms with van der Waals surface area (Å²) < 4.78 is 9.66. The minimum atomic E-state index is -0.494. The molecule has 0 bridgehead atoms. The van der Waals surface area contributed by atoms with E-state index in [1.807, 2.05) is 36.4 Å². The zero-order valence-electron chi connectivity index (χ0n) is 11.9. The first-order valence-corrected chi connectivity index (χ1v) is 7.40. The Hall–Kier alpha value is -2.01. The number of fused-ring (bicyclic) bond motifs is 1. The lowest BCUT2D eigenvalue weighted by Gasteiger charge is -2.05. The van der Waals surface area contributed by atoms with Gasteiger partial charge in [0.05, 0.1) is 20.0 Å². The molecule has 0 saturated carbocycles. The van der Waals surface area contributed by atoms with Crippen LogP contribution in [0.1, 0.15) is 6.42 Å². The fraction of sp³-hybridized carbons (Fsp3) is 0.250. The highest BCUT2D eigenvalue weighted by Gasteiger charge is 2.10. The number of ketones is 1. The molecule has 0 radical (unpaired) electrons. The lowest BCUT2D eigenvalue weighted by molar-refractivity contribution is -0.142. The molecule has 0 N–H and O–H groups in total. The molecule has 0 spiro atoms. The van der Waals surface area contributed by atoms with Crippen molar-refractivity contribution in [2.45, 2.75) is 11.3 Å². The number of carbonyl (C=O) groups is 2. The molecule has 0 aromatic heterocycles. The summed E-state index contributed by atoms with van der Waals surface area (Å²) in [5.74, 6) is 0.445. The van der Waals surface area contributed by atoms with Crippen LogP contribution < -0.4 is 4.74 Å². The highest BCUT2D eigenvalue weighted by atomic mass is 32.2. The number of esters is 1. The molecular weight excluding hydrogens is 288 g/mol. The van der Waals surface area contributed by atoms with Crippen molar-refractivity contribution in [3.63, 3.8) is 0 Å². The summed E-state index contributed by atoms with van der Waals surface area (Å²) >= 11 is 1.42. The van der Waals surface area contributed by atoms with Gasteiger partial charge in [-0.1, -0.05) is 12.1 Å². The molecule has 0 fully saturated rings. The molecule has 0 atom stereocenters. The van der Waals surface area contributed by atoms with Gasteiger partial charge in [0, 0.05) is 4.90 Å². The molecule has 2 rings (SSSR count). The molecule has 2 aromatic carbocycles. The van der Waals surface area contributed by atoms with E-state index in [1.165, 1.54) is 18.9 Å². The molecule has 0 amide bonds. The minimum Gasteiger partial charge on any atom is -0.497 e. The van der Waals surface area contributed by atoms with E-state index < -0.39 is 5.97 Å².